The molecule has 1 aromatic rings. The van der Waals surface area contributed by atoms with E-state index in [1.165, 1.54) is 18.2 Å². The van der Waals surface area contributed by atoms with Gasteiger partial charge in [0.25, 0.3) is 0 Å². The molecule has 1 saturated carbocycles. The van der Waals surface area contributed by atoms with Gasteiger partial charge < -0.3 is 0 Å². The fourth-order valence-corrected chi connectivity index (χ4v) is 4.03. The van der Waals surface area contributed by atoms with Crippen LogP contribution in [0.5, 0.6) is 0 Å². The van der Waals surface area contributed by atoms with Gasteiger partial charge in [-0.2, -0.15) is 0 Å². The number of benzene rings is 1. The first-order chi connectivity index (χ1) is 8.49. The third kappa shape index (κ3) is 3.30. The number of halogens is 2. The Morgan fingerprint density at radius 1 is 1.17 bits per heavy atom. The molecule has 0 aromatic heterocycles. The smallest absolute Gasteiger partial charge is 0.208 e. The van der Waals surface area contributed by atoms with Crippen molar-refractivity contribution < 1.29 is 12.8 Å². The summed E-state index contributed by atoms with van der Waals surface area (Å²) >= 11 is 3.51. The van der Waals surface area contributed by atoms with Gasteiger partial charge in [0.2, 0.25) is 10.0 Å². The monoisotopic (exact) mass is 335 g/mol. The maximum atomic E-state index is 13.5. The minimum atomic E-state index is -3.75. The molecule has 18 heavy (non-hydrogen) atoms. The fourth-order valence-electron chi connectivity index (χ4n) is 2.12. The topological polar surface area (TPSA) is 46.2 Å². The zero-order valence-corrected chi connectivity index (χ0v) is 12.2. The normalized spacial score (nSPS) is 25.0. The van der Waals surface area contributed by atoms with Crippen molar-refractivity contribution in [2.24, 2.45) is 0 Å². The fraction of sp³-hybridized carbons (Fsp3) is 0.500. The van der Waals surface area contributed by atoms with Crippen molar-refractivity contribution in [2.75, 3.05) is 0 Å². The van der Waals surface area contributed by atoms with Crippen LogP contribution in [-0.4, -0.2) is 19.3 Å². The van der Waals surface area contributed by atoms with Crippen LogP contribution < -0.4 is 4.72 Å². The Morgan fingerprint density at radius 3 is 2.39 bits per heavy atom. The highest BCUT2D eigenvalue weighted by atomic mass is 79.9. The summed E-state index contributed by atoms with van der Waals surface area (Å²) in [5, 5.41) is 0. The van der Waals surface area contributed by atoms with Gasteiger partial charge in [-0.15, -0.1) is 0 Å². The molecule has 0 heterocycles. The summed E-state index contributed by atoms with van der Waals surface area (Å²) in [5.74, 6) is -0.709. The first-order valence-corrected chi connectivity index (χ1v) is 8.30. The third-order valence-corrected chi connectivity index (χ3v) is 5.57. The summed E-state index contributed by atoms with van der Waals surface area (Å²) in [4.78, 5) is 0.192. The Labute approximate surface area is 115 Å². The summed E-state index contributed by atoms with van der Waals surface area (Å²) in [7, 11) is -3.75. The molecule has 1 N–H and O–H groups in total. The molecule has 1 aliphatic carbocycles. The molecule has 1 aliphatic rings. The first-order valence-electron chi connectivity index (χ1n) is 5.90. The van der Waals surface area contributed by atoms with Crippen LogP contribution in [0.3, 0.4) is 0 Å². The van der Waals surface area contributed by atoms with Crippen molar-refractivity contribution >= 4 is 26.0 Å². The lowest BCUT2D eigenvalue weighted by Gasteiger charge is -2.25. The van der Waals surface area contributed by atoms with Crippen molar-refractivity contribution in [2.45, 2.75) is 41.4 Å². The molecule has 0 spiro atoms. The molecule has 0 saturated heterocycles. The Balaban J connectivity index is 2.11. The summed E-state index contributed by atoms with van der Waals surface area (Å²) in [5.41, 5.74) is 0. The Kier molecular flexibility index (Phi) is 4.40. The van der Waals surface area contributed by atoms with Crippen LogP contribution in [0, 0.1) is 5.82 Å². The van der Waals surface area contributed by atoms with E-state index in [4.69, 9.17) is 0 Å². The summed E-state index contributed by atoms with van der Waals surface area (Å²) in [6, 6.07) is 5.35. The minimum Gasteiger partial charge on any atom is -0.208 e. The van der Waals surface area contributed by atoms with E-state index in [9.17, 15) is 12.8 Å². The van der Waals surface area contributed by atoms with Crippen LogP contribution >= 0.6 is 15.9 Å². The second kappa shape index (κ2) is 5.67. The van der Waals surface area contributed by atoms with E-state index in [1.54, 1.807) is 0 Å². The maximum Gasteiger partial charge on any atom is 0.243 e. The lowest BCUT2D eigenvalue weighted by Crippen LogP contribution is -2.38. The zero-order chi connectivity index (χ0) is 13.2. The first kappa shape index (κ1) is 14.0. The predicted octanol–water partition coefficient (Wildman–Crippen LogP) is 2.81. The number of hydrogen-bond acceptors (Lipinski definition) is 2. The van der Waals surface area contributed by atoms with Crippen molar-refractivity contribution in [3.63, 3.8) is 0 Å². The molecule has 0 atom stereocenters. The van der Waals surface area contributed by atoms with Crippen LogP contribution in [0.25, 0.3) is 0 Å². The van der Waals surface area contributed by atoms with E-state index in [0.717, 1.165) is 31.7 Å². The van der Waals surface area contributed by atoms with Crippen LogP contribution in [0.15, 0.2) is 29.2 Å². The molecular weight excluding hydrogens is 321 g/mol. The van der Waals surface area contributed by atoms with Crippen LogP contribution in [0.2, 0.25) is 0 Å². The summed E-state index contributed by atoms with van der Waals surface area (Å²) < 4.78 is 40.1. The van der Waals surface area contributed by atoms with Gasteiger partial charge in [-0.05, 0) is 37.8 Å². The number of nitrogens with one attached hydrogen (secondary N) is 1. The van der Waals surface area contributed by atoms with Crippen molar-refractivity contribution in [1.82, 2.24) is 4.72 Å². The standard InChI is InChI=1S/C12H15BrFNO2S/c13-9-5-7-10(8-6-9)15-18(16,17)12-4-2-1-3-11(12)14/h1-4,9-10,15H,5-8H2. The number of rotatable bonds is 3. The van der Waals surface area contributed by atoms with Gasteiger partial charge in [0, 0.05) is 10.9 Å². The van der Waals surface area contributed by atoms with Crippen LogP contribution in [0.1, 0.15) is 25.7 Å². The lowest BCUT2D eigenvalue weighted by molar-refractivity contribution is 0.421. The lowest BCUT2D eigenvalue weighted by atomic mass is 9.96. The van der Waals surface area contributed by atoms with Crippen molar-refractivity contribution in [1.29, 1.82) is 0 Å². The van der Waals surface area contributed by atoms with Gasteiger partial charge in [-0.25, -0.2) is 17.5 Å². The molecule has 3 nitrogen and oxygen atoms in total. The van der Waals surface area contributed by atoms with Crippen molar-refractivity contribution in [3.05, 3.63) is 30.1 Å². The Bertz CT molecular complexity index is 513. The summed E-state index contributed by atoms with van der Waals surface area (Å²) in [6.07, 6.45) is 3.43. The highest BCUT2D eigenvalue weighted by Crippen LogP contribution is 2.25. The minimum absolute atomic E-state index is 0.0941. The van der Waals surface area contributed by atoms with Gasteiger partial charge in [0.15, 0.2) is 0 Å². The van der Waals surface area contributed by atoms with Gasteiger partial charge in [0.05, 0.1) is 0 Å². The van der Waals surface area contributed by atoms with E-state index in [1.807, 2.05) is 0 Å². The molecule has 1 fully saturated rings. The number of hydrogen-bond donors (Lipinski definition) is 1. The van der Waals surface area contributed by atoms with Crippen molar-refractivity contribution in [3.8, 4) is 0 Å². The average Bonchev–Trinajstić information content (AvgIpc) is 2.32. The van der Waals surface area contributed by atoms with Gasteiger partial charge in [-0.3, -0.25) is 0 Å². The van der Waals surface area contributed by atoms with E-state index in [2.05, 4.69) is 20.7 Å². The second-order valence-electron chi connectivity index (χ2n) is 4.50. The molecule has 6 heteroatoms. The maximum absolute atomic E-state index is 13.5. The van der Waals surface area contributed by atoms with Crippen LogP contribution in [0.4, 0.5) is 4.39 Å². The molecular formula is C12H15BrFNO2S. The molecule has 0 unspecified atom stereocenters. The zero-order valence-electron chi connectivity index (χ0n) is 9.77. The van der Waals surface area contributed by atoms with Gasteiger partial charge >= 0.3 is 0 Å². The van der Waals surface area contributed by atoms with E-state index in [0.29, 0.717) is 4.83 Å². The molecule has 0 bridgehead atoms. The Morgan fingerprint density at radius 2 is 1.78 bits per heavy atom. The molecule has 0 aliphatic heterocycles. The van der Waals surface area contributed by atoms with E-state index >= 15 is 0 Å². The molecule has 1 aromatic carbocycles. The molecule has 0 radical (unpaired) electrons. The van der Waals surface area contributed by atoms with Gasteiger partial charge in [-0.1, -0.05) is 28.1 Å². The summed E-state index contributed by atoms with van der Waals surface area (Å²) in [6.45, 7) is 0. The predicted molar refractivity (Wildman–Crippen MR) is 71.7 cm³/mol. The highest BCUT2D eigenvalue weighted by molar-refractivity contribution is 9.09. The Hall–Kier alpha value is -0.460. The van der Waals surface area contributed by atoms with Gasteiger partial charge in [0.1, 0.15) is 10.7 Å². The molecule has 2 rings (SSSR count). The third-order valence-electron chi connectivity index (χ3n) is 3.10. The van der Waals surface area contributed by atoms with Crippen LogP contribution in [-0.2, 0) is 10.0 Å². The number of alkyl halides is 1. The van der Waals surface area contributed by atoms with E-state index in [-0.39, 0.29) is 10.9 Å². The van der Waals surface area contributed by atoms with E-state index < -0.39 is 15.8 Å². The highest BCUT2D eigenvalue weighted by Gasteiger charge is 2.26. The molecule has 100 valence electrons. The largest absolute Gasteiger partial charge is 0.243 e. The second-order valence-corrected chi connectivity index (χ2v) is 7.48. The quantitative estimate of drug-likeness (QED) is 0.863. The molecule has 0 amide bonds. The average molecular weight is 336 g/mol. The number of sulfonamides is 1. The SMILES string of the molecule is O=S(=O)(NC1CCC(Br)CC1)c1ccccc1F.